The highest BCUT2D eigenvalue weighted by Gasteiger charge is 2.30. The van der Waals surface area contributed by atoms with Gasteiger partial charge in [-0.3, -0.25) is 0 Å². The maximum absolute atomic E-state index is 6.50. The van der Waals surface area contributed by atoms with E-state index in [9.17, 15) is 0 Å². The lowest BCUT2D eigenvalue weighted by atomic mass is 9.73. The van der Waals surface area contributed by atoms with E-state index < -0.39 is 0 Å². The summed E-state index contributed by atoms with van der Waals surface area (Å²) in [5, 5.41) is 1.17. The van der Waals surface area contributed by atoms with Gasteiger partial charge in [-0.15, -0.1) is 0 Å². The molecule has 3 unspecified atom stereocenters. The monoisotopic (exact) mass is 271 g/mol. The molecule has 20 heavy (non-hydrogen) atoms. The fourth-order valence-electron chi connectivity index (χ4n) is 3.88. The second-order valence-corrected chi connectivity index (χ2v) is 6.89. The van der Waals surface area contributed by atoms with E-state index in [2.05, 4.69) is 39.0 Å². The van der Waals surface area contributed by atoms with Crippen LogP contribution in [-0.2, 0) is 0 Å². The molecule has 1 aromatic carbocycles. The molecule has 0 radical (unpaired) electrons. The van der Waals surface area contributed by atoms with Crippen LogP contribution >= 0.6 is 0 Å². The van der Waals surface area contributed by atoms with E-state index in [0.29, 0.717) is 5.92 Å². The summed E-state index contributed by atoms with van der Waals surface area (Å²) in [5.41, 5.74) is 8.72. The number of rotatable bonds is 2. The van der Waals surface area contributed by atoms with E-state index in [-0.39, 0.29) is 6.04 Å². The first-order valence-electron chi connectivity index (χ1n) is 7.78. The average molecular weight is 271 g/mol. The Balaban J connectivity index is 1.86. The first-order chi connectivity index (χ1) is 9.52. The first kappa shape index (κ1) is 13.7. The molecule has 2 N–H and O–H groups in total. The highest BCUT2D eigenvalue weighted by atomic mass is 16.3. The molecule has 3 atom stereocenters. The van der Waals surface area contributed by atoms with Crippen LogP contribution in [0.1, 0.15) is 50.5 Å². The van der Waals surface area contributed by atoms with Crippen LogP contribution in [0.25, 0.3) is 11.0 Å². The van der Waals surface area contributed by atoms with Gasteiger partial charge in [-0.2, -0.15) is 0 Å². The van der Waals surface area contributed by atoms with Crippen LogP contribution in [0.4, 0.5) is 0 Å². The number of fused-ring (bicyclic) bond motifs is 1. The Bertz CT molecular complexity index is 590. The first-order valence-corrected chi connectivity index (χ1v) is 7.78. The average Bonchev–Trinajstić information content (AvgIpc) is 2.79. The molecule has 1 aromatic heterocycles. The van der Waals surface area contributed by atoms with Gasteiger partial charge in [-0.25, -0.2) is 0 Å². The summed E-state index contributed by atoms with van der Waals surface area (Å²) in [5.74, 6) is 3.06. The molecule has 1 aliphatic rings. The normalized spacial score (nSPS) is 28.7. The van der Waals surface area contributed by atoms with Crippen LogP contribution in [0.15, 0.2) is 28.7 Å². The quantitative estimate of drug-likeness (QED) is 0.851. The van der Waals surface area contributed by atoms with Gasteiger partial charge in [0.2, 0.25) is 0 Å². The lowest BCUT2D eigenvalue weighted by Crippen LogP contribution is -2.29. The van der Waals surface area contributed by atoms with Crippen molar-refractivity contribution in [2.45, 2.75) is 46.1 Å². The van der Waals surface area contributed by atoms with Crippen molar-refractivity contribution in [1.82, 2.24) is 0 Å². The Morgan fingerprint density at radius 1 is 1.10 bits per heavy atom. The topological polar surface area (TPSA) is 39.2 Å². The van der Waals surface area contributed by atoms with Crippen molar-refractivity contribution in [3.05, 3.63) is 35.6 Å². The molecule has 108 valence electrons. The van der Waals surface area contributed by atoms with Crippen LogP contribution < -0.4 is 5.73 Å². The van der Waals surface area contributed by atoms with E-state index >= 15 is 0 Å². The zero-order valence-corrected chi connectivity index (χ0v) is 12.7. The maximum atomic E-state index is 6.50. The summed E-state index contributed by atoms with van der Waals surface area (Å²) in [6.07, 6.45) is 3.78. The minimum atomic E-state index is 0.0351. The Kier molecular flexibility index (Phi) is 3.59. The Labute approximate surface area is 121 Å². The van der Waals surface area contributed by atoms with Gasteiger partial charge in [0.05, 0.1) is 6.04 Å². The molecule has 1 fully saturated rings. The smallest absolute Gasteiger partial charge is 0.134 e. The fraction of sp³-hybridized carbons (Fsp3) is 0.556. The third-order valence-corrected chi connectivity index (χ3v) is 4.74. The predicted octanol–water partition coefficient (Wildman–Crippen LogP) is 4.81. The van der Waals surface area contributed by atoms with Gasteiger partial charge in [0, 0.05) is 5.39 Å². The standard InChI is InChI=1S/C18H25NO/c1-11-4-5-16-14(7-11)10-17(20-16)18(19)15-8-12(2)6-13(3)9-15/h4-5,7,10,12-13,15,18H,6,8-9,19H2,1-3H3. The molecule has 3 rings (SSSR count). The third kappa shape index (κ3) is 2.62. The number of benzene rings is 1. The Morgan fingerprint density at radius 3 is 2.50 bits per heavy atom. The number of furan rings is 1. The number of aryl methyl sites for hydroxylation is 1. The third-order valence-electron chi connectivity index (χ3n) is 4.74. The second kappa shape index (κ2) is 5.25. The van der Waals surface area contributed by atoms with Crippen molar-refractivity contribution in [1.29, 1.82) is 0 Å². The molecule has 2 heteroatoms. The highest BCUT2D eigenvalue weighted by Crippen LogP contribution is 2.39. The van der Waals surface area contributed by atoms with Gasteiger partial charge in [0.1, 0.15) is 11.3 Å². The highest BCUT2D eigenvalue weighted by molar-refractivity contribution is 5.78. The van der Waals surface area contributed by atoms with E-state index in [1.165, 1.54) is 30.2 Å². The van der Waals surface area contributed by atoms with Crippen molar-refractivity contribution in [3.63, 3.8) is 0 Å². The van der Waals surface area contributed by atoms with E-state index in [0.717, 1.165) is 23.2 Å². The van der Waals surface area contributed by atoms with Gasteiger partial charge < -0.3 is 10.2 Å². The molecular weight excluding hydrogens is 246 g/mol. The number of hydrogen-bond acceptors (Lipinski definition) is 2. The van der Waals surface area contributed by atoms with Gasteiger partial charge >= 0.3 is 0 Å². The summed E-state index contributed by atoms with van der Waals surface area (Å²) >= 11 is 0. The number of nitrogens with two attached hydrogens (primary N) is 1. The summed E-state index contributed by atoms with van der Waals surface area (Å²) in [7, 11) is 0. The van der Waals surface area contributed by atoms with Gasteiger partial charge in [-0.1, -0.05) is 25.5 Å². The minimum Gasteiger partial charge on any atom is -0.459 e. The van der Waals surface area contributed by atoms with Crippen molar-refractivity contribution in [2.75, 3.05) is 0 Å². The molecule has 0 spiro atoms. The van der Waals surface area contributed by atoms with Crippen LogP contribution in [-0.4, -0.2) is 0 Å². The Hall–Kier alpha value is -1.28. The fourth-order valence-corrected chi connectivity index (χ4v) is 3.88. The SMILES string of the molecule is Cc1ccc2oc(C(N)C3CC(C)CC(C)C3)cc2c1. The Morgan fingerprint density at radius 2 is 1.80 bits per heavy atom. The van der Waals surface area contributed by atoms with Gasteiger partial charge in [-0.05, 0) is 62.1 Å². The zero-order chi connectivity index (χ0) is 14.3. The molecule has 1 saturated carbocycles. The van der Waals surface area contributed by atoms with E-state index in [4.69, 9.17) is 10.2 Å². The molecule has 2 aromatic rings. The molecule has 0 aliphatic heterocycles. The molecule has 0 saturated heterocycles. The van der Waals surface area contributed by atoms with Crippen LogP contribution in [0.2, 0.25) is 0 Å². The summed E-state index contributed by atoms with van der Waals surface area (Å²) in [6, 6.07) is 8.48. The maximum Gasteiger partial charge on any atom is 0.134 e. The predicted molar refractivity (Wildman–Crippen MR) is 83.5 cm³/mol. The number of hydrogen-bond donors (Lipinski definition) is 1. The van der Waals surface area contributed by atoms with E-state index in [1.54, 1.807) is 0 Å². The lowest BCUT2D eigenvalue weighted by Gasteiger charge is -2.34. The molecule has 1 aliphatic carbocycles. The molecule has 0 bridgehead atoms. The molecule has 2 nitrogen and oxygen atoms in total. The second-order valence-electron chi connectivity index (χ2n) is 6.89. The van der Waals surface area contributed by atoms with Crippen LogP contribution in [0, 0.1) is 24.7 Å². The lowest BCUT2D eigenvalue weighted by molar-refractivity contribution is 0.184. The van der Waals surface area contributed by atoms with Crippen molar-refractivity contribution in [3.8, 4) is 0 Å². The van der Waals surface area contributed by atoms with Gasteiger partial charge in [0.25, 0.3) is 0 Å². The van der Waals surface area contributed by atoms with Crippen molar-refractivity contribution < 1.29 is 4.42 Å². The summed E-state index contributed by atoms with van der Waals surface area (Å²) < 4.78 is 5.98. The minimum absolute atomic E-state index is 0.0351. The summed E-state index contributed by atoms with van der Waals surface area (Å²) in [6.45, 7) is 6.80. The van der Waals surface area contributed by atoms with E-state index in [1.807, 2.05) is 6.07 Å². The van der Waals surface area contributed by atoms with Gasteiger partial charge in [0.15, 0.2) is 0 Å². The summed E-state index contributed by atoms with van der Waals surface area (Å²) in [4.78, 5) is 0. The molecule has 0 amide bonds. The zero-order valence-electron chi connectivity index (χ0n) is 12.7. The van der Waals surface area contributed by atoms with Crippen molar-refractivity contribution >= 4 is 11.0 Å². The molecular formula is C18H25NO. The van der Waals surface area contributed by atoms with Crippen LogP contribution in [0.5, 0.6) is 0 Å². The largest absolute Gasteiger partial charge is 0.459 e. The van der Waals surface area contributed by atoms with Crippen LogP contribution in [0.3, 0.4) is 0 Å². The molecule has 1 heterocycles. The van der Waals surface area contributed by atoms with Crippen molar-refractivity contribution in [2.24, 2.45) is 23.5 Å².